The quantitative estimate of drug-likeness (QED) is 0.0104. The average molecular weight is 1240 g/mol. The Bertz CT molecular complexity index is 2990. The number of carbonyl (C=O) groups excluding carboxylic acids is 2. The molecular weight excluding hydrogens is 1160 g/mol. The van der Waals surface area contributed by atoms with Gasteiger partial charge in [0.2, 0.25) is 0 Å². The lowest BCUT2D eigenvalue weighted by molar-refractivity contribution is -0.394. The van der Waals surface area contributed by atoms with Crippen molar-refractivity contribution in [3.05, 3.63) is 203 Å². The largest absolute Gasteiger partial charge is 0.454 e. The first-order valence-corrected chi connectivity index (χ1v) is 30.8. The molecule has 484 valence electrons. The molecule has 21 nitrogen and oxygen atoms in total. The third kappa shape index (κ3) is 18.4. The summed E-state index contributed by atoms with van der Waals surface area (Å²) >= 11 is 0. The first-order valence-electron chi connectivity index (χ1n) is 30.8. The lowest BCUT2D eigenvalue weighted by Crippen LogP contribution is -2.68. The molecule has 4 aliphatic rings. The van der Waals surface area contributed by atoms with E-state index < -0.39 is 135 Å². The van der Waals surface area contributed by atoms with Crippen LogP contribution in [0.25, 0.3) is 10.4 Å². The molecule has 0 spiro atoms. The summed E-state index contributed by atoms with van der Waals surface area (Å²) in [7, 11) is 1.47. The van der Waals surface area contributed by atoms with Gasteiger partial charge < -0.3 is 75.8 Å². The van der Waals surface area contributed by atoms with Gasteiger partial charge in [-0.3, -0.25) is 9.59 Å². The fourth-order valence-electron chi connectivity index (χ4n) is 11.7. The molecule has 0 radical (unpaired) electrons. The number of benzene rings is 5. The van der Waals surface area contributed by atoms with Crippen LogP contribution in [0.5, 0.6) is 0 Å². The molecule has 20 atom stereocenters. The fraction of sp³-hybridized carbons (Fsp3) is 0.507. The van der Waals surface area contributed by atoms with E-state index in [4.69, 9.17) is 75.8 Å². The van der Waals surface area contributed by atoms with Crippen molar-refractivity contribution in [1.29, 1.82) is 0 Å². The third-order valence-corrected chi connectivity index (χ3v) is 16.1. The zero-order valence-corrected chi connectivity index (χ0v) is 52.1. The topological polar surface area (TPSA) is 231 Å². The van der Waals surface area contributed by atoms with Crippen molar-refractivity contribution in [3.8, 4) is 0 Å². The Morgan fingerprint density at radius 2 is 0.778 bits per heavy atom. The molecule has 9 rings (SSSR count). The van der Waals surface area contributed by atoms with E-state index in [9.17, 15) is 15.1 Å². The highest BCUT2D eigenvalue weighted by Gasteiger charge is 2.58. The lowest BCUT2D eigenvalue weighted by Gasteiger charge is -2.51. The summed E-state index contributed by atoms with van der Waals surface area (Å²) in [5.41, 5.74) is 14.2. The monoisotopic (exact) mass is 1240 g/mol. The van der Waals surface area contributed by atoms with Crippen LogP contribution in [0.1, 0.15) is 82.2 Å². The van der Waals surface area contributed by atoms with E-state index in [0.29, 0.717) is 12.8 Å². The molecule has 21 heteroatoms. The minimum Gasteiger partial charge on any atom is -0.454 e. The zero-order valence-electron chi connectivity index (χ0n) is 52.1. The Kier molecular flexibility index (Phi) is 25.9. The number of allylic oxidation sites excluding steroid dienone is 1. The Morgan fingerprint density at radius 1 is 0.444 bits per heavy atom. The number of hydrogen-bond donors (Lipinski definition) is 0. The highest BCUT2D eigenvalue weighted by atomic mass is 16.8. The van der Waals surface area contributed by atoms with E-state index in [1.807, 2.05) is 165 Å². The fourth-order valence-corrected chi connectivity index (χ4v) is 11.7. The van der Waals surface area contributed by atoms with Crippen LogP contribution in [0, 0.1) is 0 Å². The standard InChI is InChI=1S/C69H85N3O18/c1-9-10-26-37-76-66-63(59(81-42-53-35-24-15-25-36-53)55(44(3)83-66)77-38-49-27-16-11-17-28-49)90-69-65(87-48(7)74)61(57(46(5)85-69)79-40-51-31-20-13-21-32-51)89-68-64(86-47(6)73)60(56(45(4)84-68)78-39-50-29-18-12-19-30-50)88-67-62(75-8)58(54(71-72-70)43(2)82-67)80-41-52-33-22-14-23-34-52/h9,11-25,27-36,43-46,54-69H,1,10,26,37-42H2,2-8H3/t43-,44+,45+,46+,54-,55+,56+,57+,58+,59-,60-,61-,62-,63-,64-,65-,66-,67+,68+,69+/m1/s1. The molecule has 4 aliphatic heterocycles. The van der Waals surface area contributed by atoms with E-state index in [1.54, 1.807) is 20.8 Å². The van der Waals surface area contributed by atoms with Crippen molar-refractivity contribution in [1.82, 2.24) is 0 Å². The average Bonchev–Trinajstić information content (AvgIpc) is 1.15. The van der Waals surface area contributed by atoms with Crippen LogP contribution in [0.15, 0.2) is 169 Å². The predicted octanol–water partition coefficient (Wildman–Crippen LogP) is 10.6. The van der Waals surface area contributed by atoms with Crippen molar-refractivity contribution in [2.24, 2.45) is 5.11 Å². The van der Waals surface area contributed by atoms with Gasteiger partial charge in [-0.05, 0) is 73.9 Å². The van der Waals surface area contributed by atoms with Crippen LogP contribution in [0.3, 0.4) is 0 Å². The summed E-state index contributed by atoms with van der Waals surface area (Å²) in [6, 6.07) is 47.2. The number of unbranched alkanes of at least 4 members (excludes halogenated alkanes) is 1. The number of azide groups is 1. The van der Waals surface area contributed by atoms with E-state index in [-0.39, 0.29) is 39.6 Å². The SMILES string of the molecule is C=CCCCO[C@@H]1O[C@@H](C)[C@H](OCc2ccccc2)[C@@H](OCc2ccccc2)[C@H]1O[C@@H]1O[C@@H](C)[C@H](OCc2ccccc2)[C@@H](O[C@@H]2O[C@@H](C)[C@H](OCc3ccccc3)[C@@H](O[C@@H]3O[C@H](C)[C@@H](N=[N+]=[N-])[C@H](OCc4ccccc4)[C@H]3OC)[C@H]2OC(C)=O)[C@H]1OC(C)=O. The van der Waals surface area contributed by atoms with Crippen LogP contribution in [0.2, 0.25) is 0 Å². The second kappa shape index (κ2) is 34.3. The molecule has 4 heterocycles. The van der Waals surface area contributed by atoms with Crippen LogP contribution >= 0.6 is 0 Å². The minimum atomic E-state index is -1.53. The highest BCUT2D eigenvalue weighted by Crippen LogP contribution is 2.40. The van der Waals surface area contributed by atoms with Crippen molar-refractivity contribution < 1.29 is 85.4 Å². The maximum Gasteiger partial charge on any atom is 0.303 e. The van der Waals surface area contributed by atoms with Gasteiger partial charge in [-0.15, -0.1) is 6.58 Å². The van der Waals surface area contributed by atoms with E-state index in [2.05, 4.69) is 16.6 Å². The van der Waals surface area contributed by atoms with Gasteiger partial charge >= 0.3 is 11.9 Å². The smallest absolute Gasteiger partial charge is 0.303 e. The van der Waals surface area contributed by atoms with Crippen molar-refractivity contribution >= 4 is 11.9 Å². The van der Waals surface area contributed by atoms with Gasteiger partial charge in [0.05, 0.1) is 70.1 Å². The number of rotatable bonds is 30. The molecule has 5 aromatic carbocycles. The number of ether oxygens (including phenoxy) is 16. The second-order valence-corrected chi connectivity index (χ2v) is 22.8. The summed E-state index contributed by atoms with van der Waals surface area (Å²) in [6.07, 6.45) is -17.6. The van der Waals surface area contributed by atoms with Gasteiger partial charge in [-0.1, -0.05) is 163 Å². The Balaban J connectivity index is 1.10. The van der Waals surface area contributed by atoms with E-state index >= 15 is 0 Å². The molecule has 0 saturated carbocycles. The minimum absolute atomic E-state index is 0.0680. The maximum atomic E-state index is 13.8. The van der Waals surface area contributed by atoms with Gasteiger partial charge in [0, 0.05) is 25.9 Å². The Hall–Kier alpha value is -6.47. The molecule has 0 aromatic heterocycles. The number of carbonyl (C=O) groups is 2. The highest BCUT2D eigenvalue weighted by molar-refractivity contribution is 5.66. The van der Waals surface area contributed by atoms with E-state index in [0.717, 1.165) is 27.8 Å². The van der Waals surface area contributed by atoms with Crippen LogP contribution in [-0.4, -0.2) is 148 Å². The van der Waals surface area contributed by atoms with Gasteiger partial charge in [0.15, 0.2) is 37.4 Å². The Morgan fingerprint density at radius 3 is 1.14 bits per heavy atom. The molecular formula is C69H85N3O18. The molecule has 0 unspecified atom stereocenters. The molecule has 4 saturated heterocycles. The molecule has 0 aliphatic carbocycles. The molecule has 4 fully saturated rings. The summed E-state index contributed by atoms with van der Waals surface area (Å²) in [5, 5.41) is 4.12. The van der Waals surface area contributed by atoms with E-state index in [1.165, 1.54) is 21.0 Å². The predicted molar refractivity (Wildman–Crippen MR) is 327 cm³/mol. The van der Waals surface area contributed by atoms with Gasteiger partial charge in [0.1, 0.15) is 54.9 Å². The number of nitrogens with zero attached hydrogens (tertiary/aromatic N) is 3. The van der Waals surface area contributed by atoms with Crippen molar-refractivity contribution in [2.75, 3.05) is 13.7 Å². The number of methoxy groups -OCH3 is 1. The van der Waals surface area contributed by atoms with Gasteiger partial charge in [-0.2, -0.15) is 0 Å². The van der Waals surface area contributed by atoms with Crippen molar-refractivity contribution in [3.63, 3.8) is 0 Å². The summed E-state index contributed by atoms with van der Waals surface area (Å²) in [4.78, 5) is 30.7. The lowest BCUT2D eigenvalue weighted by atomic mass is 9.95. The number of hydrogen-bond acceptors (Lipinski definition) is 19. The summed E-state index contributed by atoms with van der Waals surface area (Å²) in [5.74, 6) is -1.43. The zero-order chi connectivity index (χ0) is 63.4. The molecule has 0 N–H and O–H groups in total. The third-order valence-electron chi connectivity index (χ3n) is 16.1. The second-order valence-electron chi connectivity index (χ2n) is 22.8. The molecule has 90 heavy (non-hydrogen) atoms. The first kappa shape index (κ1) is 67.9. The van der Waals surface area contributed by atoms with Crippen molar-refractivity contribution in [2.45, 2.75) is 210 Å². The Labute approximate surface area is 526 Å². The molecule has 0 bridgehead atoms. The molecule has 5 aromatic rings. The van der Waals surface area contributed by atoms with Crippen LogP contribution in [-0.2, 0) is 118 Å². The maximum absolute atomic E-state index is 13.8. The first-order chi connectivity index (χ1) is 43.8. The van der Waals surface area contributed by atoms with Crippen LogP contribution < -0.4 is 0 Å². The number of esters is 2. The summed E-state index contributed by atoms with van der Waals surface area (Å²) in [6.45, 7) is 14.6. The van der Waals surface area contributed by atoms with Crippen LogP contribution in [0.4, 0.5) is 0 Å². The summed E-state index contributed by atoms with van der Waals surface area (Å²) < 4.78 is 108. The van der Waals surface area contributed by atoms with Gasteiger partial charge in [-0.25, -0.2) is 0 Å². The molecule has 0 amide bonds. The van der Waals surface area contributed by atoms with Gasteiger partial charge in [0.25, 0.3) is 0 Å². The normalized spacial score (nSPS) is 31.8.